The maximum atomic E-state index is 5.70. The van der Waals surface area contributed by atoms with Crippen LogP contribution in [0, 0.1) is 5.92 Å². The summed E-state index contributed by atoms with van der Waals surface area (Å²) in [5.74, 6) is 0.752. The summed E-state index contributed by atoms with van der Waals surface area (Å²) in [6.07, 6.45) is 1.24. The van der Waals surface area contributed by atoms with E-state index < -0.39 is 0 Å². The second-order valence-electron chi connectivity index (χ2n) is 5.84. The summed E-state index contributed by atoms with van der Waals surface area (Å²) in [4.78, 5) is 2.51. The van der Waals surface area contributed by atoms with Gasteiger partial charge in [-0.1, -0.05) is 13.8 Å². The number of rotatable bonds is 6. The van der Waals surface area contributed by atoms with Gasteiger partial charge in [0.15, 0.2) is 0 Å². The standard InChI is InChI=1S/C13H28N2O/c1-12(2)10-14-6-5-7-15-8-9-16-13(3,4)11-15/h12,14H,5-11H2,1-4H3. The molecule has 0 saturated carbocycles. The third-order valence-corrected chi connectivity index (χ3v) is 2.89. The average Bonchev–Trinajstić information content (AvgIpc) is 2.15. The zero-order chi connectivity index (χ0) is 12.0. The first-order valence-electron chi connectivity index (χ1n) is 6.57. The molecule has 0 aromatic carbocycles. The second-order valence-corrected chi connectivity index (χ2v) is 5.84. The molecule has 0 aliphatic carbocycles. The zero-order valence-corrected chi connectivity index (χ0v) is 11.4. The molecule has 0 spiro atoms. The summed E-state index contributed by atoms with van der Waals surface area (Å²) < 4.78 is 5.70. The summed E-state index contributed by atoms with van der Waals surface area (Å²) in [6.45, 7) is 15.3. The molecular formula is C13H28N2O. The molecule has 3 nitrogen and oxygen atoms in total. The van der Waals surface area contributed by atoms with Gasteiger partial charge in [-0.3, -0.25) is 4.90 Å². The van der Waals surface area contributed by atoms with Crippen LogP contribution in [0.4, 0.5) is 0 Å². The monoisotopic (exact) mass is 228 g/mol. The molecular weight excluding hydrogens is 200 g/mol. The minimum atomic E-state index is 0.0452. The van der Waals surface area contributed by atoms with Crippen LogP contribution < -0.4 is 5.32 Å². The van der Waals surface area contributed by atoms with Gasteiger partial charge in [0, 0.05) is 13.1 Å². The highest BCUT2D eigenvalue weighted by atomic mass is 16.5. The molecule has 1 rings (SSSR count). The van der Waals surface area contributed by atoms with Crippen molar-refractivity contribution >= 4 is 0 Å². The molecule has 0 amide bonds. The van der Waals surface area contributed by atoms with Gasteiger partial charge in [0.05, 0.1) is 12.2 Å². The van der Waals surface area contributed by atoms with E-state index in [4.69, 9.17) is 4.74 Å². The lowest BCUT2D eigenvalue weighted by molar-refractivity contribution is -0.0859. The first-order chi connectivity index (χ1) is 7.49. The fourth-order valence-electron chi connectivity index (χ4n) is 2.12. The lowest BCUT2D eigenvalue weighted by Crippen LogP contribution is -2.48. The Labute approximate surface area is 101 Å². The highest BCUT2D eigenvalue weighted by Gasteiger charge is 2.26. The molecule has 3 heteroatoms. The molecule has 1 saturated heterocycles. The molecule has 0 bridgehead atoms. The number of hydrogen-bond donors (Lipinski definition) is 1. The van der Waals surface area contributed by atoms with Crippen LogP contribution >= 0.6 is 0 Å². The minimum absolute atomic E-state index is 0.0452. The van der Waals surface area contributed by atoms with Crippen LogP contribution in [0.3, 0.4) is 0 Å². The largest absolute Gasteiger partial charge is 0.373 e. The number of nitrogens with one attached hydrogen (secondary N) is 1. The zero-order valence-electron chi connectivity index (χ0n) is 11.4. The van der Waals surface area contributed by atoms with Gasteiger partial charge in [-0.05, 0) is 45.8 Å². The topological polar surface area (TPSA) is 24.5 Å². The van der Waals surface area contributed by atoms with Gasteiger partial charge in [-0.2, -0.15) is 0 Å². The Balaban J connectivity index is 2.04. The van der Waals surface area contributed by atoms with E-state index in [2.05, 4.69) is 37.9 Å². The Morgan fingerprint density at radius 2 is 2.12 bits per heavy atom. The molecule has 16 heavy (non-hydrogen) atoms. The molecule has 96 valence electrons. The summed E-state index contributed by atoms with van der Waals surface area (Å²) in [6, 6.07) is 0. The Hall–Kier alpha value is -0.120. The Kier molecular flexibility index (Phi) is 5.73. The number of morpholine rings is 1. The molecule has 1 fully saturated rings. The van der Waals surface area contributed by atoms with Gasteiger partial charge in [0.25, 0.3) is 0 Å². The Morgan fingerprint density at radius 1 is 1.38 bits per heavy atom. The first kappa shape index (κ1) is 13.9. The van der Waals surface area contributed by atoms with Gasteiger partial charge in [0.1, 0.15) is 0 Å². The molecule has 0 unspecified atom stereocenters. The third-order valence-electron chi connectivity index (χ3n) is 2.89. The summed E-state index contributed by atoms with van der Waals surface area (Å²) >= 11 is 0. The van der Waals surface area contributed by atoms with Crippen LogP contribution in [0.15, 0.2) is 0 Å². The van der Waals surface area contributed by atoms with Crippen molar-refractivity contribution in [3.8, 4) is 0 Å². The van der Waals surface area contributed by atoms with E-state index in [0.29, 0.717) is 0 Å². The Morgan fingerprint density at radius 3 is 2.75 bits per heavy atom. The molecule has 1 heterocycles. The third kappa shape index (κ3) is 5.83. The Bertz CT molecular complexity index is 192. The quantitative estimate of drug-likeness (QED) is 0.701. The second kappa shape index (κ2) is 6.58. The van der Waals surface area contributed by atoms with Gasteiger partial charge >= 0.3 is 0 Å². The van der Waals surface area contributed by atoms with E-state index in [1.54, 1.807) is 0 Å². The SMILES string of the molecule is CC(C)CNCCCN1CCOC(C)(C)C1. The van der Waals surface area contributed by atoms with Crippen molar-refractivity contribution in [2.75, 3.05) is 39.3 Å². The van der Waals surface area contributed by atoms with Gasteiger partial charge in [0.2, 0.25) is 0 Å². The lowest BCUT2D eigenvalue weighted by Gasteiger charge is -2.38. The fraction of sp³-hybridized carbons (Fsp3) is 1.00. The van der Waals surface area contributed by atoms with Crippen molar-refractivity contribution in [2.45, 2.75) is 39.7 Å². The molecule has 0 aromatic heterocycles. The van der Waals surface area contributed by atoms with E-state index in [0.717, 1.165) is 38.7 Å². The lowest BCUT2D eigenvalue weighted by atomic mass is 10.1. The number of ether oxygens (including phenoxy) is 1. The molecule has 0 radical (unpaired) electrons. The molecule has 1 aliphatic heterocycles. The predicted molar refractivity (Wildman–Crippen MR) is 68.8 cm³/mol. The smallest absolute Gasteiger partial charge is 0.0753 e. The van der Waals surface area contributed by atoms with Crippen molar-refractivity contribution in [1.29, 1.82) is 0 Å². The van der Waals surface area contributed by atoms with Crippen LogP contribution in [-0.2, 0) is 4.74 Å². The minimum Gasteiger partial charge on any atom is -0.373 e. The van der Waals surface area contributed by atoms with Crippen LogP contribution in [0.1, 0.15) is 34.1 Å². The first-order valence-corrected chi connectivity index (χ1v) is 6.57. The molecule has 1 aliphatic rings. The number of hydrogen-bond acceptors (Lipinski definition) is 3. The van der Waals surface area contributed by atoms with E-state index in [1.807, 2.05) is 0 Å². The van der Waals surface area contributed by atoms with Crippen molar-refractivity contribution in [3.05, 3.63) is 0 Å². The highest BCUT2D eigenvalue weighted by molar-refractivity contribution is 4.78. The van der Waals surface area contributed by atoms with E-state index in [1.165, 1.54) is 13.0 Å². The van der Waals surface area contributed by atoms with Crippen molar-refractivity contribution in [1.82, 2.24) is 10.2 Å². The van der Waals surface area contributed by atoms with Crippen molar-refractivity contribution in [3.63, 3.8) is 0 Å². The summed E-state index contributed by atoms with van der Waals surface area (Å²) in [7, 11) is 0. The molecule has 0 atom stereocenters. The van der Waals surface area contributed by atoms with Crippen LogP contribution in [0.5, 0.6) is 0 Å². The van der Waals surface area contributed by atoms with Crippen molar-refractivity contribution < 1.29 is 4.74 Å². The maximum Gasteiger partial charge on any atom is 0.0753 e. The van der Waals surface area contributed by atoms with Gasteiger partial charge < -0.3 is 10.1 Å². The predicted octanol–water partition coefficient (Wildman–Crippen LogP) is 1.73. The molecule has 0 aromatic rings. The average molecular weight is 228 g/mol. The highest BCUT2D eigenvalue weighted by Crippen LogP contribution is 2.16. The van der Waals surface area contributed by atoms with E-state index in [-0.39, 0.29) is 5.60 Å². The number of nitrogens with zero attached hydrogens (tertiary/aromatic N) is 1. The summed E-state index contributed by atoms with van der Waals surface area (Å²) in [5, 5.41) is 3.49. The van der Waals surface area contributed by atoms with Gasteiger partial charge in [-0.15, -0.1) is 0 Å². The van der Waals surface area contributed by atoms with Crippen molar-refractivity contribution in [2.24, 2.45) is 5.92 Å². The maximum absolute atomic E-state index is 5.70. The van der Waals surface area contributed by atoms with Crippen LogP contribution in [-0.4, -0.2) is 49.8 Å². The summed E-state index contributed by atoms with van der Waals surface area (Å²) in [5.41, 5.74) is 0.0452. The van der Waals surface area contributed by atoms with Gasteiger partial charge in [-0.25, -0.2) is 0 Å². The fourth-order valence-corrected chi connectivity index (χ4v) is 2.12. The van der Waals surface area contributed by atoms with E-state index >= 15 is 0 Å². The van der Waals surface area contributed by atoms with E-state index in [9.17, 15) is 0 Å². The molecule has 1 N–H and O–H groups in total. The van der Waals surface area contributed by atoms with Crippen LogP contribution in [0.2, 0.25) is 0 Å². The van der Waals surface area contributed by atoms with Crippen LogP contribution in [0.25, 0.3) is 0 Å². The normalized spacial score (nSPS) is 21.6.